The van der Waals surface area contributed by atoms with Crippen molar-refractivity contribution in [3.05, 3.63) is 29.3 Å². The van der Waals surface area contributed by atoms with Gasteiger partial charge in [-0.1, -0.05) is 11.6 Å². The van der Waals surface area contributed by atoms with E-state index in [1.165, 1.54) is 0 Å². The van der Waals surface area contributed by atoms with Crippen LogP contribution in [0.3, 0.4) is 0 Å². The van der Waals surface area contributed by atoms with Crippen molar-refractivity contribution in [2.45, 2.75) is 19.0 Å². The Labute approximate surface area is 129 Å². The lowest BCUT2D eigenvalue weighted by molar-refractivity contribution is 0.373. The monoisotopic (exact) mass is 330 g/mol. The number of sulfone groups is 1. The van der Waals surface area contributed by atoms with E-state index in [0.29, 0.717) is 10.1 Å². The molecule has 108 valence electrons. The lowest BCUT2D eigenvalue weighted by Gasteiger charge is -2.24. The molecule has 1 aromatic carbocycles. The first-order valence-corrected chi connectivity index (χ1v) is 9.09. The third-order valence-corrected chi connectivity index (χ3v) is 6.30. The normalized spacial score (nSPS) is 28.0. The number of thiocarbonyl (C=S) groups is 1. The van der Waals surface area contributed by atoms with E-state index in [4.69, 9.17) is 23.8 Å². The molecule has 0 amide bonds. The smallest absolute Gasteiger partial charge is 0.176 e. The van der Waals surface area contributed by atoms with Gasteiger partial charge in [0, 0.05) is 17.3 Å². The summed E-state index contributed by atoms with van der Waals surface area (Å²) in [5, 5.41) is 1.36. The Kier molecular flexibility index (Phi) is 3.43. The Bertz CT molecular complexity index is 645. The number of nitrogens with zero attached hydrogens (tertiary/aromatic N) is 2. The van der Waals surface area contributed by atoms with Crippen molar-refractivity contribution in [1.82, 2.24) is 4.90 Å². The Hall–Kier alpha value is -0.850. The van der Waals surface area contributed by atoms with Crippen molar-refractivity contribution in [3.63, 3.8) is 0 Å². The van der Waals surface area contributed by atoms with Gasteiger partial charge in [0.25, 0.3) is 0 Å². The lowest BCUT2D eigenvalue weighted by atomic mass is 10.1. The number of hydrogen-bond donors (Lipinski definition) is 0. The molecule has 7 heteroatoms. The fourth-order valence-corrected chi connectivity index (χ4v) is 5.63. The van der Waals surface area contributed by atoms with E-state index in [9.17, 15) is 8.42 Å². The fraction of sp³-hybridized carbons (Fsp3) is 0.462. The molecule has 0 N–H and O–H groups in total. The molecule has 20 heavy (non-hydrogen) atoms. The molecule has 2 aliphatic rings. The van der Waals surface area contributed by atoms with Gasteiger partial charge >= 0.3 is 0 Å². The number of hydrogen-bond acceptors (Lipinski definition) is 3. The highest BCUT2D eigenvalue weighted by molar-refractivity contribution is 7.91. The van der Waals surface area contributed by atoms with E-state index in [2.05, 4.69) is 0 Å². The number of benzene rings is 1. The molecule has 0 radical (unpaired) electrons. The van der Waals surface area contributed by atoms with Crippen molar-refractivity contribution in [3.8, 4) is 0 Å². The van der Waals surface area contributed by atoms with E-state index >= 15 is 0 Å². The summed E-state index contributed by atoms with van der Waals surface area (Å²) in [6.07, 6.45) is 0. The van der Waals surface area contributed by atoms with Gasteiger partial charge in [-0.15, -0.1) is 0 Å². The van der Waals surface area contributed by atoms with Gasteiger partial charge in [0.1, 0.15) is 0 Å². The standard InChI is InChI=1S/C13H15ClN2O2S2/c1-2-15-11-7-20(17,18)8-12(11)16(13(15)19)10-5-3-9(14)4-6-10/h3-6,11-12H,2,7-8H2,1H3/t11-,12+/m1/s1. The summed E-state index contributed by atoms with van der Waals surface area (Å²) < 4.78 is 23.9. The first kappa shape index (κ1) is 14.1. The molecular formula is C13H15ClN2O2S2. The van der Waals surface area contributed by atoms with Crippen LogP contribution in [0.15, 0.2) is 24.3 Å². The van der Waals surface area contributed by atoms with Crippen LogP contribution in [0.25, 0.3) is 0 Å². The summed E-state index contributed by atoms with van der Waals surface area (Å²) in [6.45, 7) is 2.72. The van der Waals surface area contributed by atoms with Crippen molar-refractivity contribution in [2.75, 3.05) is 23.0 Å². The van der Waals surface area contributed by atoms with Gasteiger partial charge in [-0.25, -0.2) is 8.42 Å². The predicted molar refractivity (Wildman–Crippen MR) is 85.1 cm³/mol. The zero-order valence-electron chi connectivity index (χ0n) is 11.0. The summed E-state index contributed by atoms with van der Waals surface area (Å²) in [6, 6.07) is 7.24. The van der Waals surface area contributed by atoms with Crippen LogP contribution in [0.4, 0.5) is 5.69 Å². The molecule has 0 saturated carbocycles. The molecule has 2 aliphatic heterocycles. The van der Waals surface area contributed by atoms with Gasteiger partial charge in [0.05, 0.1) is 23.6 Å². The fourth-order valence-electron chi connectivity index (χ4n) is 3.05. The van der Waals surface area contributed by atoms with Crippen LogP contribution < -0.4 is 4.90 Å². The van der Waals surface area contributed by atoms with Crippen molar-refractivity contribution < 1.29 is 8.42 Å². The Morgan fingerprint density at radius 3 is 2.45 bits per heavy atom. The van der Waals surface area contributed by atoms with E-state index in [0.717, 1.165) is 12.2 Å². The van der Waals surface area contributed by atoms with Crippen LogP contribution in [0.2, 0.25) is 5.02 Å². The second kappa shape index (κ2) is 4.86. The second-order valence-corrected chi connectivity index (χ2v) is 8.08. The van der Waals surface area contributed by atoms with Crippen LogP contribution >= 0.6 is 23.8 Å². The Morgan fingerprint density at radius 1 is 1.25 bits per heavy atom. The van der Waals surface area contributed by atoms with Crippen LogP contribution in [0.5, 0.6) is 0 Å². The topological polar surface area (TPSA) is 40.6 Å². The minimum Gasteiger partial charge on any atom is -0.343 e. The highest BCUT2D eigenvalue weighted by Crippen LogP contribution is 2.35. The molecule has 1 aromatic rings. The molecule has 0 aliphatic carbocycles. The zero-order chi connectivity index (χ0) is 14.5. The van der Waals surface area contributed by atoms with Gasteiger partial charge in [0.2, 0.25) is 0 Å². The molecule has 0 bridgehead atoms. The van der Waals surface area contributed by atoms with Gasteiger partial charge in [-0.2, -0.15) is 0 Å². The average molecular weight is 331 g/mol. The van der Waals surface area contributed by atoms with Crippen LogP contribution in [-0.4, -0.2) is 48.6 Å². The van der Waals surface area contributed by atoms with E-state index in [1.54, 1.807) is 12.1 Å². The third-order valence-electron chi connectivity index (χ3n) is 3.92. The van der Waals surface area contributed by atoms with Crippen molar-refractivity contribution in [2.24, 2.45) is 0 Å². The largest absolute Gasteiger partial charge is 0.343 e. The Morgan fingerprint density at radius 2 is 1.85 bits per heavy atom. The molecule has 2 atom stereocenters. The maximum atomic E-state index is 11.9. The maximum Gasteiger partial charge on any atom is 0.176 e. The summed E-state index contributed by atoms with van der Waals surface area (Å²) in [4.78, 5) is 3.98. The third kappa shape index (κ3) is 2.19. The lowest BCUT2D eigenvalue weighted by Crippen LogP contribution is -2.37. The van der Waals surface area contributed by atoms with Gasteiger partial charge < -0.3 is 9.80 Å². The van der Waals surface area contributed by atoms with Crippen LogP contribution in [-0.2, 0) is 9.84 Å². The first-order chi connectivity index (χ1) is 9.43. The quantitative estimate of drug-likeness (QED) is 0.775. The average Bonchev–Trinajstić information content (AvgIpc) is 2.80. The molecule has 0 aromatic heterocycles. The van der Waals surface area contributed by atoms with Gasteiger partial charge in [-0.3, -0.25) is 0 Å². The summed E-state index contributed by atoms with van der Waals surface area (Å²) in [7, 11) is -2.99. The van der Waals surface area contributed by atoms with Crippen LogP contribution in [0, 0.1) is 0 Å². The van der Waals surface area contributed by atoms with Gasteiger partial charge in [0.15, 0.2) is 14.9 Å². The number of fused-ring (bicyclic) bond motifs is 1. The summed E-state index contributed by atoms with van der Waals surface area (Å²) in [5.41, 5.74) is 0.905. The molecule has 0 spiro atoms. The first-order valence-electron chi connectivity index (χ1n) is 6.49. The molecule has 2 saturated heterocycles. The van der Waals surface area contributed by atoms with E-state index in [-0.39, 0.29) is 23.6 Å². The summed E-state index contributed by atoms with van der Waals surface area (Å²) in [5.74, 6) is 0.354. The zero-order valence-corrected chi connectivity index (χ0v) is 13.4. The maximum absolute atomic E-state index is 11.9. The number of likely N-dealkylation sites (N-methyl/N-ethyl adjacent to an activating group) is 1. The molecule has 2 fully saturated rings. The van der Waals surface area contributed by atoms with Crippen LogP contribution in [0.1, 0.15) is 6.92 Å². The highest BCUT2D eigenvalue weighted by atomic mass is 35.5. The van der Waals surface area contributed by atoms with Crippen molar-refractivity contribution in [1.29, 1.82) is 0 Å². The molecule has 2 heterocycles. The molecule has 0 unspecified atom stereocenters. The minimum atomic E-state index is -2.99. The van der Waals surface area contributed by atoms with Crippen molar-refractivity contribution >= 4 is 44.5 Å². The summed E-state index contributed by atoms with van der Waals surface area (Å²) >= 11 is 11.4. The SMILES string of the molecule is CCN1C(=S)N(c2ccc(Cl)cc2)[C@H]2CS(=O)(=O)C[C@H]21. The molecular weight excluding hydrogens is 316 g/mol. The number of rotatable bonds is 2. The minimum absolute atomic E-state index is 0.0341. The molecule has 4 nitrogen and oxygen atoms in total. The Balaban J connectivity index is 2.01. The second-order valence-electron chi connectivity index (χ2n) is 5.13. The molecule has 3 rings (SSSR count). The highest BCUT2D eigenvalue weighted by Gasteiger charge is 2.51. The predicted octanol–water partition coefficient (Wildman–Crippen LogP) is 1.93. The van der Waals surface area contributed by atoms with E-state index < -0.39 is 9.84 Å². The number of anilines is 1. The number of halogens is 1. The van der Waals surface area contributed by atoms with E-state index in [1.807, 2.05) is 28.9 Å². The van der Waals surface area contributed by atoms with Gasteiger partial charge in [-0.05, 0) is 43.4 Å².